The van der Waals surface area contributed by atoms with Crippen LogP contribution in [0, 0.1) is 5.92 Å². The van der Waals surface area contributed by atoms with Gasteiger partial charge in [-0.15, -0.1) is 0 Å². The van der Waals surface area contributed by atoms with Crippen LogP contribution in [0.15, 0.2) is 29.2 Å². The molecule has 1 aliphatic heterocycles. The highest BCUT2D eigenvalue weighted by atomic mass is 32.2. The van der Waals surface area contributed by atoms with Crippen molar-refractivity contribution in [3.8, 4) is 0 Å². The van der Waals surface area contributed by atoms with E-state index in [0.29, 0.717) is 31.7 Å². The Morgan fingerprint density at radius 3 is 2.28 bits per heavy atom. The highest BCUT2D eigenvalue weighted by Crippen LogP contribution is 2.27. The molecule has 0 N–H and O–H groups in total. The van der Waals surface area contributed by atoms with Gasteiger partial charge >= 0.3 is 0 Å². The van der Waals surface area contributed by atoms with Crippen LogP contribution in [-0.2, 0) is 14.8 Å². The van der Waals surface area contributed by atoms with Crippen LogP contribution in [0.2, 0.25) is 0 Å². The molecule has 1 saturated heterocycles. The molecular formula is C18H24N2O4S. The highest BCUT2D eigenvalue weighted by Gasteiger charge is 2.33. The predicted molar refractivity (Wildman–Crippen MR) is 93.7 cm³/mol. The van der Waals surface area contributed by atoms with Crippen LogP contribution in [0.3, 0.4) is 0 Å². The molecule has 0 aromatic heterocycles. The smallest absolute Gasteiger partial charge is 0.243 e. The van der Waals surface area contributed by atoms with E-state index in [-0.39, 0.29) is 22.5 Å². The lowest BCUT2D eigenvalue weighted by Crippen LogP contribution is -2.51. The van der Waals surface area contributed by atoms with Crippen molar-refractivity contribution >= 4 is 21.7 Å². The van der Waals surface area contributed by atoms with Gasteiger partial charge in [-0.25, -0.2) is 8.42 Å². The summed E-state index contributed by atoms with van der Waals surface area (Å²) in [5, 5.41) is 0. The van der Waals surface area contributed by atoms with Gasteiger partial charge in [0.15, 0.2) is 5.78 Å². The molecule has 0 atom stereocenters. The van der Waals surface area contributed by atoms with Gasteiger partial charge in [0.25, 0.3) is 0 Å². The van der Waals surface area contributed by atoms with Gasteiger partial charge in [-0.05, 0) is 31.9 Å². The topological polar surface area (TPSA) is 74.8 Å². The van der Waals surface area contributed by atoms with E-state index in [2.05, 4.69) is 0 Å². The Labute approximate surface area is 148 Å². The molecule has 1 aromatic rings. The Bertz CT molecular complexity index is 761. The number of ketones is 1. The molecule has 0 spiro atoms. The molecule has 25 heavy (non-hydrogen) atoms. The van der Waals surface area contributed by atoms with Crippen LogP contribution < -0.4 is 0 Å². The van der Waals surface area contributed by atoms with Crippen LogP contribution in [0.1, 0.15) is 43.0 Å². The fraction of sp³-hybridized carbons (Fsp3) is 0.556. The van der Waals surface area contributed by atoms with Gasteiger partial charge in [0.1, 0.15) is 0 Å². The zero-order valence-corrected chi connectivity index (χ0v) is 15.3. The Morgan fingerprint density at radius 2 is 1.68 bits per heavy atom. The fourth-order valence-electron chi connectivity index (χ4n) is 3.60. The van der Waals surface area contributed by atoms with E-state index in [0.717, 1.165) is 25.7 Å². The average Bonchev–Trinajstić information content (AvgIpc) is 3.16. The molecular weight excluding hydrogens is 340 g/mol. The van der Waals surface area contributed by atoms with Gasteiger partial charge in [0.05, 0.1) is 4.90 Å². The standard InChI is InChI=1S/C18H24N2O4S/c1-14(21)16-7-4-8-17(13-16)25(23,24)20-11-9-19(10-12-20)18(22)15-5-2-3-6-15/h4,7-8,13,15H,2-3,5-6,9-12H2,1H3. The van der Waals surface area contributed by atoms with Crippen molar-refractivity contribution in [2.75, 3.05) is 26.2 Å². The number of amides is 1. The molecule has 1 heterocycles. The number of sulfonamides is 1. The van der Waals surface area contributed by atoms with Crippen LogP contribution in [0.5, 0.6) is 0 Å². The van der Waals surface area contributed by atoms with Crippen LogP contribution >= 0.6 is 0 Å². The molecule has 1 aliphatic carbocycles. The average molecular weight is 364 g/mol. The monoisotopic (exact) mass is 364 g/mol. The third-order valence-corrected chi connectivity index (χ3v) is 7.03. The zero-order valence-electron chi connectivity index (χ0n) is 14.5. The van der Waals surface area contributed by atoms with Crippen LogP contribution in [-0.4, -0.2) is 55.5 Å². The van der Waals surface area contributed by atoms with Crippen molar-refractivity contribution < 1.29 is 18.0 Å². The highest BCUT2D eigenvalue weighted by molar-refractivity contribution is 7.89. The Kier molecular flexibility index (Phi) is 5.24. The number of rotatable bonds is 4. The summed E-state index contributed by atoms with van der Waals surface area (Å²) in [6, 6.07) is 6.13. The molecule has 0 unspecified atom stereocenters. The second-order valence-corrected chi connectivity index (χ2v) is 8.73. The summed E-state index contributed by atoms with van der Waals surface area (Å²) in [5.41, 5.74) is 0.385. The minimum atomic E-state index is -3.64. The predicted octanol–water partition coefficient (Wildman–Crippen LogP) is 1.91. The van der Waals surface area contributed by atoms with Crippen LogP contribution in [0.4, 0.5) is 0 Å². The molecule has 3 rings (SSSR count). The number of benzene rings is 1. The summed E-state index contributed by atoms with van der Waals surface area (Å²) in [5.74, 6) is 0.132. The summed E-state index contributed by atoms with van der Waals surface area (Å²) >= 11 is 0. The van der Waals surface area contributed by atoms with Crippen molar-refractivity contribution in [2.24, 2.45) is 5.92 Å². The Morgan fingerprint density at radius 1 is 1.04 bits per heavy atom. The molecule has 2 fully saturated rings. The van der Waals surface area contributed by atoms with E-state index >= 15 is 0 Å². The largest absolute Gasteiger partial charge is 0.340 e. The number of carbonyl (C=O) groups is 2. The van der Waals surface area contributed by atoms with Crippen molar-refractivity contribution in [1.29, 1.82) is 0 Å². The van der Waals surface area contributed by atoms with Crippen LogP contribution in [0.25, 0.3) is 0 Å². The number of nitrogens with zero attached hydrogens (tertiary/aromatic N) is 2. The van der Waals surface area contributed by atoms with Crippen molar-refractivity contribution in [3.63, 3.8) is 0 Å². The minimum absolute atomic E-state index is 0.121. The zero-order chi connectivity index (χ0) is 18.0. The minimum Gasteiger partial charge on any atom is -0.340 e. The lowest BCUT2D eigenvalue weighted by Gasteiger charge is -2.35. The summed E-state index contributed by atoms with van der Waals surface area (Å²) in [6.07, 6.45) is 4.12. The van der Waals surface area contributed by atoms with Gasteiger partial charge in [-0.3, -0.25) is 9.59 Å². The summed E-state index contributed by atoms with van der Waals surface area (Å²) in [6.45, 7) is 2.87. The number of Topliss-reactive ketones (excluding diaryl/α,β-unsaturated/α-hetero) is 1. The van der Waals surface area contributed by atoms with Gasteiger partial charge in [-0.1, -0.05) is 25.0 Å². The first-order valence-electron chi connectivity index (χ1n) is 8.79. The van der Waals surface area contributed by atoms with Crippen molar-refractivity contribution in [3.05, 3.63) is 29.8 Å². The summed E-state index contributed by atoms with van der Waals surface area (Å²) in [7, 11) is -3.64. The number of hydrogen-bond acceptors (Lipinski definition) is 4. The number of piperazine rings is 1. The van der Waals surface area contributed by atoms with E-state index in [1.165, 1.54) is 23.4 Å². The molecule has 1 aromatic carbocycles. The third-order valence-electron chi connectivity index (χ3n) is 5.13. The molecule has 0 radical (unpaired) electrons. The van der Waals surface area contributed by atoms with E-state index in [1.807, 2.05) is 0 Å². The molecule has 6 nitrogen and oxygen atoms in total. The van der Waals surface area contributed by atoms with Crippen molar-refractivity contribution in [1.82, 2.24) is 9.21 Å². The van der Waals surface area contributed by atoms with E-state index < -0.39 is 10.0 Å². The molecule has 136 valence electrons. The van der Waals surface area contributed by atoms with Gasteiger partial charge in [0, 0.05) is 37.7 Å². The first kappa shape index (κ1) is 18.1. The maximum atomic E-state index is 12.8. The molecule has 7 heteroatoms. The maximum absolute atomic E-state index is 12.8. The second kappa shape index (κ2) is 7.25. The SMILES string of the molecule is CC(=O)c1cccc(S(=O)(=O)N2CCN(C(=O)C3CCCC3)CC2)c1. The van der Waals surface area contributed by atoms with E-state index in [9.17, 15) is 18.0 Å². The van der Waals surface area contributed by atoms with Gasteiger partial charge in [-0.2, -0.15) is 4.31 Å². The Hall–Kier alpha value is -1.73. The molecule has 1 saturated carbocycles. The molecule has 2 aliphatic rings. The third kappa shape index (κ3) is 3.77. The summed E-state index contributed by atoms with van der Waals surface area (Å²) < 4.78 is 27.0. The summed E-state index contributed by atoms with van der Waals surface area (Å²) in [4.78, 5) is 25.9. The molecule has 0 bridgehead atoms. The first-order chi connectivity index (χ1) is 11.9. The lowest BCUT2D eigenvalue weighted by molar-refractivity contribution is -0.136. The van der Waals surface area contributed by atoms with Gasteiger partial charge < -0.3 is 4.90 Å². The van der Waals surface area contributed by atoms with Crippen molar-refractivity contribution in [2.45, 2.75) is 37.5 Å². The number of hydrogen-bond donors (Lipinski definition) is 0. The fourth-order valence-corrected chi connectivity index (χ4v) is 5.07. The maximum Gasteiger partial charge on any atom is 0.243 e. The normalized spacial score (nSPS) is 20.0. The Balaban J connectivity index is 1.68. The van der Waals surface area contributed by atoms with Gasteiger partial charge in [0.2, 0.25) is 15.9 Å². The second-order valence-electron chi connectivity index (χ2n) is 6.79. The van der Waals surface area contributed by atoms with E-state index in [4.69, 9.17) is 0 Å². The quantitative estimate of drug-likeness (QED) is 0.765. The van der Waals surface area contributed by atoms with E-state index in [1.54, 1.807) is 17.0 Å². The number of carbonyl (C=O) groups excluding carboxylic acids is 2. The molecule has 1 amide bonds. The first-order valence-corrected chi connectivity index (χ1v) is 10.2. The lowest BCUT2D eigenvalue weighted by atomic mass is 10.1.